The number of phenolic OH excluding ortho intramolecular Hbond substituents is 1. The molecule has 3 aromatic rings. The summed E-state index contributed by atoms with van der Waals surface area (Å²) in [6, 6.07) is 12.8. The van der Waals surface area contributed by atoms with E-state index in [9.17, 15) is 14.3 Å². The molecule has 0 spiro atoms. The molecule has 1 aliphatic rings. The zero-order chi connectivity index (χ0) is 24.1. The van der Waals surface area contributed by atoms with Gasteiger partial charge in [0.15, 0.2) is 16.7 Å². The number of hydrogen-bond acceptors (Lipinski definition) is 8. The summed E-state index contributed by atoms with van der Waals surface area (Å²) in [5, 5.41) is 18.7. The number of amides is 1. The van der Waals surface area contributed by atoms with Crippen LogP contribution in [0.15, 0.2) is 74.3 Å². The Hall–Kier alpha value is -4.05. The van der Waals surface area contributed by atoms with Gasteiger partial charge in [-0.05, 0) is 48.2 Å². The molecular formula is C24H20FN3O5S. The van der Waals surface area contributed by atoms with E-state index in [4.69, 9.17) is 13.9 Å². The Kier molecular flexibility index (Phi) is 6.98. The molecule has 1 fully saturated rings. The molecule has 174 valence electrons. The first-order chi connectivity index (χ1) is 16.5. The molecule has 1 amide bonds. The largest absolute Gasteiger partial charge is 0.502 e. The average Bonchev–Trinajstić information content (AvgIpc) is 3.45. The average molecular weight is 482 g/mol. The van der Waals surface area contributed by atoms with Crippen LogP contribution in [0, 0.1) is 5.82 Å². The van der Waals surface area contributed by atoms with Crippen molar-refractivity contribution in [3.63, 3.8) is 0 Å². The normalized spacial score (nSPS) is 16.2. The van der Waals surface area contributed by atoms with Crippen LogP contribution in [-0.4, -0.2) is 41.5 Å². The van der Waals surface area contributed by atoms with E-state index in [0.717, 1.165) is 11.8 Å². The van der Waals surface area contributed by atoms with Gasteiger partial charge in [0.2, 0.25) is 5.75 Å². The molecule has 1 aromatic heterocycles. The highest BCUT2D eigenvalue weighted by Crippen LogP contribution is 2.37. The third-order valence-corrected chi connectivity index (χ3v) is 5.82. The fourth-order valence-electron chi connectivity index (χ4n) is 3.15. The first-order valence-corrected chi connectivity index (χ1v) is 10.9. The Morgan fingerprint density at radius 1 is 1.15 bits per heavy atom. The first kappa shape index (κ1) is 23.1. The lowest BCUT2D eigenvalue weighted by Crippen LogP contribution is -2.28. The molecule has 0 radical (unpaired) electrons. The van der Waals surface area contributed by atoms with Crippen LogP contribution in [0.5, 0.6) is 17.2 Å². The predicted molar refractivity (Wildman–Crippen MR) is 127 cm³/mol. The zero-order valence-electron chi connectivity index (χ0n) is 18.3. The monoisotopic (exact) mass is 481 g/mol. The zero-order valence-corrected chi connectivity index (χ0v) is 19.1. The van der Waals surface area contributed by atoms with Gasteiger partial charge in [-0.3, -0.25) is 9.69 Å². The number of carbonyl (C=O) groups is 1. The molecule has 8 nitrogen and oxygen atoms in total. The molecule has 34 heavy (non-hydrogen) atoms. The lowest BCUT2D eigenvalue weighted by molar-refractivity contribution is -0.122. The summed E-state index contributed by atoms with van der Waals surface area (Å²) < 4.78 is 29.8. The van der Waals surface area contributed by atoms with E-state index in [-0.39, 0.29) is 29.7 Å². The molecule has 2 aromatic carbocycles. The van der Waals surface area contributed by atoms with Crippen molar-refractivity contribution in [2.45, 2.75) is 6.54 Å². The molecule has 2 heterocycles. The van der Waals surface area contributed by atoms with Crippen LogP contribution >= 0.6 is 11.8 Å². The van der Waals surface area contributed by atoms with Gasteiger partial charge in [0.1, 0.15) is 11.6 Å². The fraction of sp³-hybridized carbons (Fsp3) is 0.125. The van der Waals surface area contributed by atoms with Crippen molar-refractivity contribution in [1.82, 2.24) is 4.90 Å². The van der Waals surface area contributed by atoms with E-state index in [1.165, 1.54) is 43.7 Å². The number of thioether (sulfide) groups is 1. The minimum Gasteiger partial charge on any atom is -0.502 e. The number of amidine groups is 1. The molecule has 0 aliphatic carbocycles. The summed E-state index contributed by atoms with van der Waals surface area (Å²) in [7, 11) is 2.85. The van der Waals surface area contributed by atoms with Gasteiger partial charge >= 0.3 is 0 Å². The van der Waals surface area contributed by atoms with Gasteiger partial charge in [0, 0.05) is 11.1 Å². The van der Waals surface area contributed by atoms with E-state index in [2.05, 4.69) is 10.2 Å². The number of hydrogen-bond donors (Lipinski definition) is 1. The van der Waals surface area contributed by atoms with Gasteiger partial charge in [0.05, 0.1) is 38.1 Å². The maximum atomic E-state index is 14.1. The molecule has 10 heteroatoms. The lowest BCUT2D eigenvalue weighted by atomic mass is 10.2. The van der Waals surface area contributed by atoms with Gasteiger partial charge in [-0.25, -0.2) is 4.39 Å². The number of rotatable bonds is 7. The number of phenols is 1. The van der Waals surface area contributed by atoms with E-state index in [1.807, 2.05) is 0 Å². The van der Waals surface area contributed by atoms with Crippen LogP contribution in [0.25, 0.3) is 6.08 Å². The summed E-state index contributed by atoms with van der Waals surface area (Å²) in [6.07, 6.45) is 4.44. The second-order valence-corrected chi connectivity index (χ2v) is 8.01. The molecule has 1 saturated heterocycles. The van der Waals surface area contributed by atoms with Gasteiger partial charge in [-0.2, -0.15) is 5.10 Å². The standard InChI is InChI=1S/C24H20FN3O5S/c1-31-19-10-15(11-20(32-2)22(19)29)13-26-27-24-28(14-17-7-5-9-33-17)23(30)21(34-24)12-16-6-3-4-8-18(16)25/h3-13,29H,14H2,1-2H3/b21-12-,26-13+,27-24-. The SMILES string of the molecule is COc1cc(/C=N/N=C2\S/C(=C\c3ccccc3F)C(=O)N2Cc2ccco2)cc(OC)c1O. The highest BCUT2D eigenvalue weighted by atomic mass is 32.2. The van der Waals surface area contributed by atoms with Crippen molar-refractivity contribution in [3.05, 3.63) is 82.4 Å². The van der Waals surface area contributed by atoms with Crippen LogP contribution in [0.3, 0.4) is 0 Å². The number of halogens is 1. The van der Waals surface area contributed by atoms with E-state index < -0.39 is 5.82 Å². The van der Waals surface area contributed by atoms with Crippen molar-refractivity contribution in [1.29, 1.82) is 0 Å². The van der Waals surface area contributed by atoms with Crippen molar-refractivity contribution < 1.29 is 28.2 Å². The minimum atomic E-state index is -0.431. The Bertz CT molecular complexity index is 1260. The number of nitrogens with zero attached hydrogens (tertiary/aromatic N) is 3. The molecule has 0 unspecified atom stereocenters. The lowest BCUT2D eigenvalue weighted by Gasteiger charge is -2.12. The smallest absolute Gasteiger partial charge is 0.267 e. The summed E-state index contributed by atoms with van der Waals surface area (Å²) in [5.41, 5.74) is 0.856. The van der Waals surface area contributed by atoms with Gasteiger partial charge in [-0.15, -0.1) is 5.10 Å². The van der Waals surface area contributed by atoms with Crippen LogP contribution in [0.2, 0.25) is 0 Å². The van der Waals surface area contributed by atoms with Crippen LogP contribution in [0.1, 0.15) is 16.9 Å². The van der Waals surface area contributed by atoms with Crippen molar-refractivity contribution in [3.8, 4) is 17.2 Å². The maximum absolute atomic E-state index is 14.1. The molecule has 0 atom stereocenters. The summed E-state index contributed by atoms with van der Waals surface area (Å²) in [5.74, 6) is 0.0942. The van der Waals surface area contributed by atoms with E-state index >= 15 is 0 Å². The van der Waals surface area contributed by atoms with Gasteiger partial charge in [-0.1, -0.05) is 18.2 Å². The Labute approximate surface area is 199 Å². The van der Waals surface area contributed by atoms with Crippen LogP contribution in [0.4, 0.5) is 4.39 Å². The van der Waals surface area contributed by atoms with E-state index in [1.54, 1.807) is 42.5 Å². The van der Waals surface area contributed by atoms with Crippen molar-refractivity contribution >= 4 is 35.1 Å². The predicted octanol–water partition coefficient (Wildman–Crippen LogP) is 4.65. The maximum Gasteiger partial charge on any atom is 0.267 e. The van der Waals surface area contributed by atoms with Gasteiger partial charge in [0.25, 0.3) is 5.91 Å². The number of benzene rings is 2. The third-order valence-electron chi connectivity index (χ3n) is 4.83. The Morgan fingerprint density at radius 3 is 2.53 bits per heavy atom. The third kappa shape index (κ3) is 4.96. The second-order valence-electron chi connectivity index (χ2n) is 7.00. The Balaban J connectivity index is 1.65. The molecule has 0 bridgehead atoms. The minimum absolute atomic E-state index is 0.127. The van der Waals surface area contributed by atoms with Gasteiger partial charge < -0.3 is 19.0 Å². The summed E-state index contributed by atoms with van der Waals surface area (Å²) >= 11 is 1.08. The number of ether oxygens (including phenoxy) is 2. The number of furan rings is 1. The van der Waals surface area contributed by atoms with Crippen LogP contribution < -0.4 is 9.47 Å². The first-order valence-electron chi connectivity index (χ1n) is 10.0. The van der Waals surface area contributed by atoms with Crippen molar-refractivity contribution in [2.75, 3.05) is 14.2 Å². The topological polar surface area (TPSA) is 96.9 Å². The summed E-state index contributed by atoms with van der Waals surface area (Å²) in [4.78, 5) is 14.8. The molecular weight excluding hydrogens is 461 g/mol. The molecule has 1 N–H and O–H groups in total. The molecule has 4 rings (SSSR count). The number of methoxy groups -OCH3 is 2. The highest BCUT2D eigenvalue weighted by molar-refractivity contribution is 8.18. The van der Waals surface area contributed by atoms with Crippen molar-refractivity contribution in [2.24, 2.45) is 10.2 Å². The molecule has 1 aliphatic heterocycles. The fourth-order valence-corrected chi connectivity index (χ4v) is 4.07. The van der Waals surface area contributed by atoms with Crippen LogP contribution in [-0.2, 0) is 11.3 Å². The quantitative estimate of drug-likeness (QED) is 0.300. The Morgan fingerprint density at radius 2 is 1.88 bits per heavy atom. The number of aromatic hydroxyl groups is 1. The summed E-state index contributed by atoms with van der Waals surface area (Å²) in [6.45, 7) is 0.142. The van der Waals surface area contributed by atoms with E-state index in [0.29, 0.717) is 27.0 Å². The molecule has 0 saturated carbocycles. The number of carbonyl (C=O) groups excluding carboxylic acids is 1. The second kappa shape index (κ2) is 10.3. The highest BCUT2D eigenvalue weighted by Gasteiger charge is 2.34.